The second-order valence-electron chi connectivity index (χ2n) is 8.03. The minimum absolute atomic E-state index is 0.166. The Morgan fingerprint density at radius 3 is 2.53 bits per heavy atom. The monoisotopic (exact) mass is 490 g/mol. The van der Waals surface area contributed by atoms with E-state index in [-0.39, 0.29) is 4.84 Å². The van der Waals surface area contributed by atoms with E-state index in [9.17, 15) is 9.90 Å². The summed E-state index contributed by atoms with van der Waals surface area (Å²) >= 11 is 6.29. The number of carboxylic acid groups (broad SMARTS) is 1. The first-order valence-corrected chi connectivity index (χ1v) is 12.1. The van der Waals surface area contributed by atoms with E-state index in [4.69, 9.17) is 21.7 Å². The third-order valence-corrected chi connectivity index (χ3v) is 6.99. The Bertz CT molecular complexity index is 1560. The Hall–Kier alpha value is -3.56. The molecule has 0 unspecified atom stereocenters. The number of rotatable bonds is 7. The van der Waals surface area contributed by atoms with Gasteiger partial charge in [-0.1, -0.05) is 55.5 Å². The number of aryl methyl sites for hydroxylation is 2. The number of aromatic amines is 1. The van der Waals surface area contributed by atoms with E-state index in [1.807, 2.05) is 31.2 Å². The molecular formula is C25H22N4O3S2. The van der Waals surface area contributed by atoms with Crippen LogP contribution in [0.5, 0.6) is 0 Å². The van der Waals surface area contributed by atoms with Gasteiger partial charge in [0.05, 0.1) is 5.52 Å². The number of nitrogens with zero attached hydrogens (tertiary/aromatic N) is 3. The summed E-state index contributed by atoms with van der Waals surface area (Å²) < 4.78 is 7.17. The molecular weight excluding hydrogens is 468 g/mol. The van der Waals surface area contributed by atoms with E-state index >= 15 is 0 Å². The second kappa shape index (κ2) is 9.00. The zero-order valence-electron chi connectivity index (χ0n) is 18.7. The van der Waals surface area contributed by atoms with Crippen LogP contribution in [0.3, 0.4) is 0 Å². The van der Waals surface area contributed by atoms with Gasteiger partial charge in [-0.25, -0.2) is 14.9 Å². The molecule has 0 fully saturated rings. The van der Waals surface area contributed by atoms with Crippen LogP contribution in [0.2, 0.25) is 0 Å². The van der Waals surface area contributed by atoms with Gasteiger partial charge in [0.2, 0.25) is 0 Å². The van der Waals surface area contributed by atoms with E-state index < -0.39 is 5.97 Å². The molecule has 34 heavy (non-hydrogen) atoms. The molecule has 9 heteroatoms. The number of aromatic nitrogens is 4. The van der Waals surface area contributed by atoms with Crippen LogP contribution in [-0.4, -0.2) is 30.8 Å². The minimum Gasteiger partial charge on any atom is -0.477 e. The summed E-state index contributed by atoms with van der Waals surface area (Å²) in [6.45, 7) is 4.59. The van der Waals surface area contributed by atoms with Crippen molar-refractivity contribution < 1.29 is 14.4 Å². The number of carboxylic acids is 1. The maximum absolute atomic E-state index is 11.9. The maximum atomic E-state index is 11.9. The topological polar surface area (TPSA) is 96.9 Å². The lowest BCUT2D eigenvalue weighted by Crippen LogP contribution is -2.07. The highest BCUT2D eigenvalue weighted by Gasteiger charge is 2.22. The van der Waals surface area contributed by atoms with Gasteiger partial charge in [0.1, 0.15) is 16.2 Å². The van der Waals surface area contributed by atoms with Crippen LogP contribution in [0.4, 0.5) is 0 Å². The normalized spacial score (nSPS) is 11.4. The summed E-state index contributed by atoms with van der Waals surface area (Å²) in [4.78, 5) is 22.4. The zero-order chi connectivity index (χ0) is 23.8. The van der Waals surface area contributed by atoms with Crippen molar-refractivity contribution in [3.8, 4) is 22.5 Å². The van der Waals surface area contributed by atoms with Gasteiger partial charge in [0.25, 0.3) is 0 Å². The standard InChI is InChI=1S/C25H22N4O3S2/c1-3-6-19-26-20-14(2)34-22(24(30)31)21(20)29(19)13-15-9-11-16(12-10-15)17-7-4-5-8-18(17)23-27-25(33)32-28-23/h4-5,7-12H,3,6,13H2,1-2H3,(H,30,31)(H,27,28,33). The van der Waals surface area contributed by atoms with Crippen molar-refractivity contribution in [3.63, 3.8) is 0 Å². The number of hydrogen-bond donors (Lipinski definition) is 2. The molecule has 2 aromatic carbocycles. The molecule has 0 spiro atoms. The summed E-state index contributed by atoms with van der Waals surface area (Å²) in [6, 6.07) is 16.2. The van der Waals surface area contributed by atoms with E-state index in [0.29, 0.717) is 22.8 Å². The molecule has 3 heterocycles. The molecule has 0 saturated heterocycles. The van der Waals surface area contributed by atoms with Crippen molar-refractivity contribution in [2.45, 2.75) is 33.2 Å². The summed E-state index contributed by atoms with van der Waals surface area (Å²) in [5.74, 6) is 0.594. The molecule has 0 saturated carbocycles. The minimum atomic E-state index is -0.911. The zero-order valence-corrected chi connectivity index (χ0v) is 20.3. The summed E-state index contributed by atoms with van der Waals surface area (Å²) in [7, 11) is 0. The van der Waals surface area contributed by atoms with Crippen LogP contribution in [0.25, 0.3) is 33.5 Å². The van der Waals surface area contributed by atoms with Crippen molar-refractivity contribution in [2.75, 3.05) is 0 Å². The SMILES string of the molecule is CCCc1nc2c(C)sc(C(=O)O)c2n1Cc1ccc(-c2ccccc2-c2nc(=S)o[nH]2)cc1. The lowest BCUT2D eigenvalue weighted by molar-refractivity contribution is 0.0703. The smallest absolute Gasteiger partial charge is 0.348 e. The van der Waals surface area contributed by atoms with E-state index in [2.05, 4.69) is 45.9 Å². The van der Waals surface area contributed by atoms with Gasteiger partial charge in [0.15, 0.2) is 5.82 Å². The first-order chi connectivity index (χ1) is 16.5. The van der Waals surface area contributed by atoms with Gasteiger partial charge >= 0.3 is 10.8 Å². The van der Waals surface area contributed by atoms with Gasteiger partial charge in [-0.2, -0.15) is 4.98 Å². The van der Waals surface area contributed by atoms with E-state index in [0.717, 1.165) is 51.3 Å². The summed E-state index contributed by atoms with van der Waals surface area (Å²) in [6.07, 6.45) is 1.73. The Kier molecular flexibility index (Phi) is 5.89. The molecule has 5 aromatic rings. The lowest BCUT2D eigenvalue weighted by atomic mass is 9.98. The molecule has 0 atom stereocenters. The fourth-order valence-corrected chi connectivity index (χ4v) is 5.28. The van der Waals surface area contributed by atoms with Gasteiger partial charge < -0.3 is 14.2 Å². The van der Waals surface area contributed by atoms with Crippen LogP contribution < -0.4 is 0 Å². The van der Waals surface area contributed by atoms with Crippen molar-refractivity contribution in [2.24, 2.45) is 0 Å². The molecule has 5 rings (SSSR count). The number of imidazole rings is 1. The van der Waals surface area contributed by atoms with Crippen LogP contribution in [-0.2, 0) is 13.0 Å². The quantitative estimate of drug-likeness (QED) is 0.253. The highest BCUT2D eigenvalue weighted by atomic mass is 32.1. The third kappa shape index (κ3) is 3.97. The lowest BCUT2D eigenvalue weighted by Gasteiger charge is -2.11. The highest BCUT2D eigenvalue weighted by Crippen LogP contribution is 2.33. The van der Waals surface area contributed by atoms with Crippen molar-refractivity contribution in [3.05, 3.63) is 74.5 Å². The van der Waals surface area contributed by atoms with Crippen molar-refractivity contribution in [1.82, 2.24) is 19.7 Å². The first-order valence-electron chi connectivity index (χ1n) is 10.9. The number of carbonyl (C=O) groups is 1. The average Bonchev–Trinajstić information content (AvgIpc) is 3.51. The van der Waals surface area contributed by atoms with Gasteiger partial charge in [-0.05, 0) is 42.3 Å². The number of H-pyrrole nitrogens is 1. The number of fused-ring (bicyclic) bond motifs is 1. The van der Waals surface area contributed by atoms with Gasteiger partial charge in [-0.15, -0.1) is 11.3 Å². The molecule has 0 aliphatic carbocycles. The molecule has 0 aliphatic heterocycles. The molecule has 0 amide bonds. The Morgan fingerprint density at radius 2 is 1.88 bits per heavy atom. The number of nitrogens with one attached hydrogen (secondary N) is 1. The fourth-order valence-electron chi connectivity index (χ4n) is 4.21. The molecule has 0 aliphatic rings. The summed E-state index contributed by atoms with van der Waals surface area (Å²) in [5, 5.41) is 12.5. The van der Waals surface area contributed by atoms with Crippen LogP contribution in [0, 0.1) is 11.8 Å². The predicted octanol–water partition coefficient (Wildman–Crippen LogP) is 6.48. The molecule has 3 aromatic heterocycles. The fraction of sp³-hybridized carbons (Fsp3) is 0.200. The second-order valence-corrected chi connectivity index (χ2v) is 9.60. The Morgan fingerprint density at radius 1 is 1.15 bits per heavy atom. The molecule has 0 radical (unpaired) electrons. The van der Waals surface area contributed by atoms with Crippen molar-refractivity contribution >= 4 is 40.6 Å². The van der Waals surface area contributed by atoms with Crippen LogP contribution in [0.15, 0.2) is 53.1 Å². The Balaban J connectivity index is 1.52. The molecule has 0 bridgehead atoms. The summed E-state index contributed by atoms with van der Waals surface area (Å²) in [5.41, 5.74) is 5.52. The first kappa shape index (κ1) is 22.2. The van der Waals surface area contributed by atoms with Gasteiger partial charge in [0, 0.05) is 23.4 Å². The molecule has 172 valence electrons. The molecule has 7 nitrogen and oxygen atoms in total. The largest absolute Gasteiger partial charge is 0.477 e. The number of hydrogen-bond acceptors (Lipinski definition) is 6. The van der Waals surface area contributed by atoms with Crippen LogP contribution >= 0.6 is 23.6 Å². The number of aromatic carboxylic acids is 1. The number of thiophene rings is 1. The molecule has 2 N–H and O–H groups in total. The third-order valence-electron chi connectivity index (χ3n) is 5.74. The van der Waals surface area contributed by atoms with Crippen molar-refractivity contribution in [1.29, 1.82) is 0 Å². The van der Waals surface area contributed by atoms with Crippen LogP contribution in [0.1, 0.15) is 39.3 Å². The maximum Gasteiger partial charge on any atom is 0.348 e. The Labute approximate surface area is 204 Å². The van der Waals surface area contributed by atoms with E-state index in [1.165, 1.54) is 11.3 Å². The highest BCUT2D eigenvalue weighted by molar-refractivity contribution is 7.71. The number of benzene rings is 2. The van der Waals surface area contributed by atoms with Gasteiger partial charge in [-0.3, -0.25) is 0 Å². The predicted molar refractivity (Wildman–Crippen MR) is 135 cm³/mol. The average molecular weight is 491 g/mol. The van der Waals surface area contributed by atoms with E-state index in [1.54, 1.807) is 0 Å².